The van der Waals surface area contributed by atoms with Crippen LogP contribution in [0.1, 0.15) is 50.8 Å². The fraction of sp³-hybridized carbons (Fsp3) is 0.161. The fourth-order valence-electron chi connectivity index (χ4n) is 4.52. The number of hydrogen-bond donors (Lipinski definition) is 3. The Bertz CT molecular complexity index is 1610. The third-order valence-corrected chi connectivity index (χ3v) is 7.73. The lowest BCUT2D eigenvalue weighted by Crippen LogP contribution is -2.17. The van der Waals surface area contributed by atoms with Crippen LogP contribution in [0, 0.1) is 0 Å². The van der Waals surface area contributed by atoms with Gasteiger partial charge in [-0.2, -0.15) is 0 Å². The normalized spacial score (nSPS) is 10.9. The third-order valence-electron chi connectivity index (χ3n) is 6.61. The lowest BCUT2D eigenvalue weighted by molar-refractivity contribution is 0.101. The van der Waals surface area contributed by atoms with Gasteiger partial charge >= 0.3 is 0 Å². The smallest absolute Gasteiger partial charge is 0.260 e. The Kier molecular flexibility index (Phi) is 7.38. The van der Waals surface area contributed by atoms with Crippen molar-refractivity contribution in [3.63, 3.8) is 0 Å². The first kappa shape index (κ1) is 26.1. The van der Waals surface area contributed by atoms with E-state index in [2.05, 4.69) is 10.6 Å². The van der Waals surface area contributed by atoms with Crippen molar-refractivity contribution >= 4 is 56.1 Å². The number of methoxy groups -OCH3 is 1. The number of ether oxygens (including phenoxy) is 1. The van der Waals surface area contributed by atoms with Crippen LogP contribution in [0.4, 0.5) is 22.1 Å². The molecule has 0 unspecified atom stereocenters. The summed E-state index contributed by atoms with van der Waals surface area (Å²) in [6.07, 6.45) is 1.52. The second kappa shape index (κ2) is 11.0. The second-order valence-corrected chi connectivity index (χ2v) is 10.0. The van der Waals surface area contributed by atoms with Gasteiger partial charge in [0, 0.05) is 16.8 Å². The minimum Gasteiger partial charge on any atom is -0.497 e. The Labute approximate surface area is 230 Å². The predicted molar refractivity (Wildman–Crippen MR) is 158 cm³/mol. The molecule has 0 aliphatic heterocycles. The van der Waals surface area contributed by atoms with E-state index < -0.39 is 0 Å². The van der Waals surface area contributed by atoms with Crippen molar-refractivity contribution in [3.8, 4) is 5.75 Å². The number of aryl methyl sites for hydroxylation is 2. The molecule has 198 valence electrons. The first-order chi connectivity index (χ1) is 18.9. The lowest BCUT2D eigenvalue weighted by atomic mass is 10.0. The first-order valence-electron chi connectivity index (χ1n) is 12.7. The van der Waals surface area contributed by atoms with Gasteiger partial charge in [-0.15, -0.1) is 11.3 Å². The topological polar surface area (TPSA) is 107 Å². The van der Waals surface area contributed by atoms with E-state index in [9.17, 15) is 9.59 Å². The molecule has 3 aromatic carbocycles. The largest absolute Gasteiger partial charge is 0.497 e. The SMILES string of the molecule is CCc1cccc(CC)c1NC(=O)c1c(Nc2ccc(OC)cc2)sc(C(=O)c2cc3ccccc3o2)c1N. The Hall–Kier alpha value is -4.56. The maximum Gasteiger partial charge on any atom is 0.260 e. The molecule has 5 aromatic rings. The Balaban J connectivity index is 1.57. The van der Waals surface area contributed by atoms with E-state index in [0.29, 0.717) is 16.3 Å². The summed E-state index contributed by atoms with van der Waals surface area (Å²) in [7, 11) is 1.60. The molecule has 4 N–H and O–H groups in total. The fourth-order valence-corrected chi connectivity index (χ4v) is 5.60. The molecule has 0 bridgehead atoms. The molecule has 0 atom stereocenters. The summed E-state index contributed by atoms with van der Waals surface area (Å²) in [6.45, 7) is 4.09. The summed E-state index contributed by atoms with van der Waals surface area (Å²) >= 11 is 1.12. The maximum absolute atomic E-state index is 13.8. The standard InChI is InChI=1S/C31H29N3O4S/c1-4-18-10-8-11-19(5-2)27(18)34-30(36)25-26(32)29(28(35)24-17-20-9-6-7-12-23(20)38-24)39-31(25)33-21-13-15-22(37-3)16-14-21/h6-17,33H,4-5,32H2,1-3H3,(H,34,36). The molecular weight excluding hydrogens is 510 g/mol. The van der Waals surface area contributed by atoms with Crippen LogP contribution in [-0.2, 0) is 12.8 Å². The highest BCUT2D eigenvalue weighted by Gasteiger charge is 2.29. The van der Waals surface area contributed by atoms with Crippen LogP contribution in [0.25, 0.3) is 11.0 Å². The number of rotatable bonds is 9. The van der Waals surface area contributed by atoms with Crippen LogP contribution >= 0.6 is 11.3 Å². The van der Waals surface area contributed by atoms with E-state index >= 15 is 0 Å². The molecule has 0 fully saturated rings. The molecule has 2 aromatic heterocycles. The first-order valence-corrected chi connectivity index (χ1v) is 13.5. The van der Waals surface area contributed by atoms with Crippen molar-refractivity contribution < 1.29 is 18.7 Å². The number of nitrogen functional groups attached to an aromatic ring is 1. The zero-order valence-electron chi connectivity index (χ0n) is 22.0. The van der Waals surface area contributed by atoms with Crippen molar-refractivity contribution in [2.45, 2.75) is 26.7 Å². The molecular formula is C31H29N3O4S. The number of nitrogens with two attached hydrogens (primary N) is 1. The average molecular weight is 540 g/mol. The number of para-hydroxylation sites is 2. The van der Waals surface area contributed by atoms with Gasteiger partial charge in [0.25, 0.3) is 5.91 Å². The molecule has 1 amide bonds. The van der Waals surface area contributed by atoms with Gasteiger partial charge in [0.15, 0.2) is 5.76 Å². The quantitative estimate of drug-likeness (QED) is 0.168. The van der Waals surface area contributed by atoms with E-state index in [4.69, 9.17) is 14.9 Å². The number of carbonyl (C=O) groups excluding carboxylic acids is 2. The Morgan fingerprint density at radius 3 is 2.28 bits per heavy atom. The summed E-state index contributed by atoms with van der Waals surface area (Å²) in [6, 6.07) is 22.4. The van der Waals surface area contributed by atoms with Crippen molar-refractivity contribution in [1.82, 2.24) is 0 Å². The molecule has 0 saturated heterocycles. The highest BCUT2D eigenvalue weighted by molar-refractivity contribution is 7.19. The third kappa shape index (κ3) is 5.11. The van der Waals surface area contributed by atoms with E-state index in [1.165, 1.54) is 0 Å². The monoisotopic (exact) mass is 539 g/mol. The molecule has 39 heavy (non-hydrogen) atoms. The van der Waals surface area contributed by atoms with Gasteiger partial charge in [0.2, 0.25) is 5.78 Å². The number of carbonyl (C=O) groups is 2. The van der Waals surface area contributed by atoms with Crippen LogP contribution in [0.5, 0.6) is 5.75 Å². The van der Waals surface area contributed by atoms with E-state index in [1.807, 2.05) is 74.5 Å². The van der Waals surface area contributed by atoms with E-state index in [-0.39, 0.29) is 33.6 Å². The minimum atomic E-state index is -0.390. The number of anilines is 4. The van der Waals surface area contributed by atoms with Crippen molar-refractivity contribution in [3.05, 3.63) is 100 Å². The molecule has 0 aliphatic rings. The number of ketones is 1. The second-order valence-electron chi connectivity index (χ2n) is 8.99. The molecule has 0 saturated carbocycles. The molecule has 7 nitrogen and oxygen atoms in total. The number of hydrogen-bond acceptors (Lipinski definition) is 7. The summed E-state index contributed by atoms with van der Waals surface area (Å²) in [5.41, 5.74) is 11.0. The molecule has 0 aliphatic carbocycles. The average Bonchev–Trinajstić information content (AvgIpc) is 3.54. The summed E-state index contributed by atoms with van der Waals surface area (Å²) in [5, 5.41) is 7.64. The summed E-state index contributed by atoms with van der Waals surface area (Å²) < 4.78 is 11.1. The Morgan fingerprint density at radius 2 is 1.64 bits per heavy atom. The molecule has 8 heteroatoms. The van der Waals surface area contributed by atoms with Crippen LogP contribution < -0.4 is 21.1 Å². The van der Waals surface area contributed by atoms with Crippen molar-refractivity contribution in [2.75, 3.05) is 23.5 Å². The van der Waals surface area contributed by atoms with Gasteiger partial charge < -0.3 is 25.5 Å². The molecule has 2 heterocycles. The van der Waals surface area contributed by atoms with E-state index in [0.717, 1.165) is 52.1 Å². The summed E-state index contributed by atoms with van der Waals surface area (Å²) in [4.78, 5) is 27.6. The minimum absolute atomic E-state index is 0.103. The van der Waals surface area contributed by atoms with Gasteiger partial charge in [-0.1, -0.05) is 50.2 Å². The van der Waals surface area contributed by atoms with Crippen LogP contribution in [-0.4, -0.2) is 18.8 Å². The van der Waals surface area contributed by atoms with Gasteiger partial charge in [0.05, 0.1) is 18.4 Å². The number of thiophene rings is 1. The van der Waals surface area contributed by atoms with Crippen LogP contribution in [0.3, 0.4) is 0 Å². The molecule has 0 spiro atoms. The zero-order valence-corrected chi connectivity index (χ0v) is 22.8. The number of nitrogens with one attached hydrogen (secondary N) is 2. The van der Waals surface area contributed by atoms with Gasteiger partial charge in [-0.25, -0.2) is 0 Å². The van der Waals surface area contributed by atoms with E-state index in [1.54, 1.807) is 19.2 Å². The summed E-state index contributed by atoms with van der Waals surface area (Å²) in [5.74, 6) is 0.0951. The van der Waals surface area contributed by atoms with Crippen molar-refractivity contribution in [2.24, 2.45) is 0 Å². The molecule has 0 radical (unpaired) electrons. The van der Waals surface area contributed by atoms with Gasteiger partial charge in [-0.3, -0.25) is 9.59 Å². The lowest BCUT2D eigenvalue weighted by Gasteiger charge is -2.15. The Morgan fingerprint density at radius 1 is 0.949 bits per heavy atom. The van der Waals surface area contributed by atoms with Crippen LogP contribution in [0.15, 0.2) is 77.2 Å². The highest BCUT2D eigenvalue weighted by atomic mass is 32.1. The van der Waals surface area contributed by atoms with Crippen LogP contribution in [0.2, 0.25) is 0 Å². The number of amides is 1. The van der Waals surface area contributed by atoms with Crippen molar-refractivity contribution in [1.29, 1.82) is 0 Å². The predicted octanol–water partition coefficient (Wildman–Crippen LogP) is 7.44. The maximum atomic E-state index is 13.8. The number of fused-ring (bicyclic) bond motifs is 1. The number of benzene rings is 3. The van der Waals surface area contributed by atoms with Gasteiger partial charge in [-0.05, 0) is 60.4 Å². The zero-order chi connectivity index (χ0) is 27.5. The molecule has 5 rings (SSSR count). The number of furan rings is 1. The highest BCUT2D eigenvalue weighted by Crippen LogP contribution is 2.40. The van der Waals surface area contributed by atoms with Gasteiger partial charge in [0.1, 0.15) is 21.2 Å².